The number of para-hydroxylation sites is 1. The van der Waals surface area contributed by atoms with Gasteiger partial charge in [-0.05, 0) is 52.7 Å². The standard InChI is InChI=1S/C29H36N8O2S/c1-21(2)18-23-10-12-24(13-11-23)22(3)27-31-35(20-34-16-14-33(4)15-17-34)29(40)37(27)30-19-26-28(38)39-32-36(26)25-8-6-5-7-9-25/h5-13,19,21-22H,14-18,20H2,1-4H3/p+1. The predicted octanol–water partition coefficient (Wildman–Crippen LogP) is 3.41. The van der Waals surface area contributed by atoms with E-state index in [2.05, 4.69) is 67.2 Å². The smallest absolute Gasteiger partial charge is 0.304 e. The molecule has 210 valence electrons. The van der Waals surface area contributed by atoms with Crippen LogP contribution in [0.5, 0.6) is 0 Å². The molecule has 0 aliphatic carbocycles. The van der Waals surface area contributed by atoms with Crippen molar-refractivity contribution in [2.24, 2.45) is 11.0 Å². The summed E-state index contributed by atoms with van der Waals surface area (Å²) < 4.78 is 10.6. The van der Waals surface area contributed by atoms with Gasteiger partial charge in [0.25, 0.3) is 0 Å². The Kier molecular flexibility index (Phi) is 8.53. The van der Waals surface area contributed by atoms with Crippen LogP contribution in [0.3, 0.4) is 0 Å². The number of benzene rings is 2. The number of likely N-dealkylation sites (N-methyl/N-ethyl adjacent to an activating group) is 1. The van der Waals surface area contributed by atoms with Gasteiger partial charge in [-0.2, -0.15) is 14.9 Å². The lowest BCUT2D eigenvalue weighted by atomic mass is 9.96. The molecule has 0 amide bonds. The van der Waals surface area contributed by atoms with Crippen molar-refractivity contribution >= 4 is 18.4 Å². The van der Waals surface area contributed by atoms with Crippen molar-refractivity contribution in [2.45, 2.75) is 39.8 Å². The van der Waals surface area contributed by atoms with Crippen LogP contribution < -0.4 is 10.3 Å². The van der Waals surface area contributed by atoms with Crippen LogP contribution in [0.25, 0.3) is 5.69 Å². The number of piperazine rings is 1. The van der Waals surface area contributed by atoms with E-state index in [-0.39, 0.29) is 11.6 Å². The summed E-state index contributed by atoms with van der Waals surface area (Å²) >= 11 is 5.89. The first kappa shape index (κ1) is 27.9. The van der Waals surface area contributed by atoms with Crippen LogP contribution in [-0.2, 0) is 13.1 Å². The maximum absolute atomic E-state index is 12.6. The van der Waals surface area contributed by atoms with Crippen LogP contribution in [0.15, 0.2) is 69.0 Å². The number of rotatable bonds is 9. The molecule has 1 aliphatic rings. The zero-order chi connectivity index (χ0) is 28.2. The van der Waals surface area contributed by atoms with E-state index >= 15 is 0 Å². The fourth-order valence-electron chi connectivity index (χ4n) is 4.90. The van der Waals surface area contributed by atoms with E-state index in [1.807, 2.05) is 35.0 Å². The second kappa shape index (κ2) is 12.2. The van der Waals surface area contributed by atoms with E-state index in [4.69, 9.17) is 26.9 Å². The lowest BCUT2D eigenvalue weighted by molar-refractivity contribution is -0.671. The van der Waals surface area contributed by atoms with E-state index in [9.17, 15) is 4.79 Å². The molecule has 0 saturated carbocycles. The van der Waals surface area contributed by atoms with E-state index in [0.717, 1.165) is 43.9 Å². The molecule has 11 heteroatoms. The van der Waals surface area contributed by atoms with Crippen molar-refractivity contribution in [3.63, 3.8) is 0 Å². The lowest BCUT2D eigenvalue weighted by Crippen LogP contribution is -2.45. The minimum absolute atomic E-state index is 0.0791. The molecule has 2 aromatic heterocycles. The summed E-state index contributed by atoms with van der Waals surface area (Å²) in [4.78, 5) is 17.2. The minimum Gasteiger partial charge on any atom is -0.304 e. The minimum atomic E-state index is -0.528. The number of nitrogens with zero attached hydrogens (tertiary/aromatic N) is 7. The number of hydrogen-bond donors (Lipinski definition) is 1. The summed E-state index contributed by atoms with van der Waals surface area (Å²) in [5.41, 5.74) is 2.90. The summed E-state index contributed by atoms with van der Waals surface area (Å²) in [6, 6.07) is 18.1. The van der Waals surface area contributed by atoms with Gasteiger partial charge >= 0.3 is 11.3 Å². The Hall–Kier alpha value is -3.67. The number of hydrogen-bond acceptors (Lipinski definition) is 7. The summed E-state index contributed by atoms with van der Waals surface area (Å²) in [5.74, 6) is 1.22. The van der Waals surface area contributed by atoms with Crippen LogP contribution in [-0.4, -0.2) is 69.0 Å². The molecule has 0 spiro atoms. The van der Waals surface area contributed by atoms with Gasteiger partial charge in [0.2, 0.25) is 10.5 Å². The number of H-pyrrole nitrogens is 1. The van der Waals surface area contributed by atoms with Crippen molar-refractivity contribution < 1.29 is 9.20 Å². The highest BCUT2D eigenvalue weighted by Gasteiger charge is 2.24. The Morgan fingerprint density at radius 1 is 1.07 bits per heavy atom. The van der Waals surface area contributed by atoms with Gasteiger partial charge in [-0.25, -0.2) is 9.48 Å². The zero-order valence-electron chi connectivity index (χ0n) is 23.5. The van der Waals surface area contributed by atoms with Gasteiger partial charge in [0.05, 0.1) is 6.67 Å². The van der Waals surface area contributed by atoms with Crippen LogP contribution >= 0.6 is 12.2 Å². The van der Waals surface area contributed by atoms with E-state index < -0.39 is 5.63 Å². The lowest BCUT2D eigenvalue weighted by Gasteiger charge is -2.31. The Morgan fingerprint density at radius 3 is 2.45 bits per heavy atom. The third-order valence-corrected chi connectivity index (χ3v) is 7.66. The Labute approximate surface area is 239 Å². The summed E-state index contributed by atoms with van der Waals surface area (Å²) in [6.45, 7) is 11.0. The normalized spacial score (nSPS) is 15.8. The first-order valence-electron chi connectivity index (χ1n) is 13.7. The molecule has 3 heterocycles. The van der Waals surface area contributed by atoms with Gasteiger partial charge in [0, 0.05) is 44.2 Å². The first-order chi connectivity index (χ1) is 19.3. The van der Waals surface area contributed by atoms with Crippen LogP contribution in [0, 0.1) is 10.7 Å². The molecule has 5 rings (SSSR count). The maximum Gasteiger partial charge on any atom is 0.436 e. The van der Waals surface area contributed by atoms with Crippen LogP contribution in [0.4, 0.5) is 0 Å². The largest absolute Gasteiger partial charge is 0.436 e. The summed E-state index contributed by atoms with van der Waals surface area (Å²) in [6.07, 6.45) is 2.52. The number of aromatic nitrogens is 5. The highest BCUT2D eigenvalue weighted by molar-refractivity contribution is 7.71. The second-order valence-corrected chi connectivity index (χ2v) is 11.2. The molecule has 40 heavy (non-hydrogen) atoms. The van der Waals surface area contributed by atoms with E-state index in [1.165, 1.54) is 11.8 Å². The highest BCUT2D eigenvalue weighted by Crippen LogP contribution is 2.24. The monoisotopic (exact) mass is 561 g/mol. The summed E-state index contributed by atoms with van der Waals surface area (Å²) in [7, 11) is 2.14. The van der Waals surface area contributed by atoms with Gasteiger partial charge < -0.3 is 4.90 Å². The van der Waals surface area contributed by atoms with Crippen LogP contribution in [0.2, 0.25) is 0 Å². The third kappa shape index (κ3) is 6.22. The number of nitrogens with one attached hydrogen (secondary N) is 1. The Bertz CT molecular complexity index is 1560. The molecule has 1 saturated heterocycles. The summed E-state index contributed by atoms with van der Waals surface area (Å²) in [5, 5.41) is 12.3. The molecule has 4 aromatic rings. The quantitative estimate of drug-likeness (QED) is 0.191. The van der Waals surface area contributed by atoms with Gasteiger partial charge in [-0.3, -0.25) is 9.42 Å². The van der Waals surface area contributed by atoms with E-state index in [0.29, 0.717) is 23.2 Å². The fraction of sp³-hybridized carbons (Fsp3) is 0.414. The first-order valence-corrected chi connectivity index (χ1v) is 14.1. The molecular weight excluding hydrogens is 524 g/mol. The molecule has 0 bridgehead atoms. The molecule has 2 aromatic carbocycles. The van der Waals surface area contributed by atoms with Crippen molar-refractivity contribution in [2.75, 3.05) is 33.2 Å². The average molecular weight is 562 g/mol. The van der Waals surface area contributed by atoms with Crippen LogP contribution in [0.1, 0.15) is 49.3 Å². The highest BCUT2D eigenvalue weighted by atomic mass is 32.1. The molecule has 1 atom stereocenters. The Balaban J connectivity index is 1.51. The zero-order valence-corrected chi connectivity index (χ0v) is 24.3. The van der Waals surface area contributed by atoms with Crippen molar-refractivity contribution in [3.05, 3.63) is 92.4 Å². The SMILES string of the molecule is CC(C)Cc1ccc(C(C)c2nn(CN3CCN(C)CC3)c(=S)n2/N=C/c2c(=O)o[nH][n+]2-c2ccccc2)cc1. The molecule has 0 radical (unpaired) electrons. The van der Waals surface area contributed by atoms with Gasteiger partial charge in [-0.15, -0.1) is 0 Å². The molecular formula is C29H37N8O2S+. The topological polar surface area (TPSA) is 91.5 Å². The third-order valence-electron chi connectivity index (χ3n) is 7.27. The Morgan fingerprint density at radius 2 is 1.77 bits per heavy atom. The second-order valence-electron chi connectivity index (χ2n) is 10.9. The average Bonchev–Trinajstić information content (AvgIpc) is 3.47. The maximum atomic E-state index is 12.6. The number of aromatic amines is 1. The molecule has 1 unspecified atom stereocenters. The van der Waals surface area contributed by atoms with Gasteiger partial charge in [0.1, 0.15) is 6.21 Å². The van der Waals surface area contributed by atoms with E-state index in [1.54, 1.807) is 9.36 Å². The molecule has 1 N–H and O–H groups in total. The fourth-order valence-corrected chi connectivity index (χ4v) is 5.14. The predicted molar refractivity (Wildman–Crippen MR) is 156 cm³/mol. The van der Waals surface area contributed by atoms with Gasteiger partial charge in [0.15, 0.2) is 5.82 Å². The van der Waals surface area contributed by atoms with Gasteiger partial charge in [-0.1, -0.05) is 63.2 Å². The van der Waals surface area contributed by atoms with Crippen molar-refractivity contribution in [3.8, 4) is 5.69 Å². The molecule has 10 nitrogen and oxygen atoms in total. The molecule has 1 fully saturated rings. The van der Waals surface area contributed by atoms with Crippen molar-refractivity contribution in [1.29, 1.82) is 0 Å². The van der Waals surface area contributed by atoms with Crippen molar-refractivity contribution in [1.82, 2.24) is 29.5 Å². The molecule has 1 aliphatic heterocycles.